The van der Waals surface area contributed by atoms with Crippen LogP contribution < -0.4 is 0 Å². The average molecular weight is 443 g/mol. The van der Waals surface area contributed by atoms with E-state index >= 15 is 0 Å². The highest BCUT2D eigenvalue weighted by Crippen LogP contribution is 2.33. The van der Waals surface area contributed by atoms with Gasteiger partial charge in [0.15, 0.2) is 4.67 Å². The Morgan fingerprint density at radius 1 is 1.38 bits per heavy atom. The number of amides is 3. The molecule has 0 saturated carbocycles. The van der Waals surface area contributed by atoms with Crippen LogP contribution in [0, 0.1) is 0 Å². The minimum Gasteiger partial charge on any atom is -0.450 e. The van der Waals surface area contributed by atoms with Gasteiger partial charge >= 0.3 is 0 Å². The predicted octanol–water partition coefficient (Wildman–Crippen LogP) is 2.84. The van der Waals surface area contributed by atoms with Gasteiger partial charge < -0.3 is 14.4 Å². The van der Waals surface area contributed by atoms with Crippen molar-refractivity contribution in [3.8, 4) is 0 Å². The van der Waals surface area contributed by atoms with E-state index in [-0.39, 0.29) is 30.0 Å². The first-order valence-electron chi connectivity index (χ1n) is 8.40. The number of hydrogen-bond acceptors (Lipinski definition) is 6. The summed E-state index contributed by atoms with van der Waals surface area (Å²) in [6.45, 7) is 0.333. The fourth-order valence-corrected chi connectivity index (χ4v) is 4.31. The SMILES string of the molecule is O=C1SC(=Cc2ccc(Br)o2)C(=O)N1CC(=O)N1CCCCC1CCO. The number of piperidine rings is 1. The highest BCUT2D eigenvalue weighted by atomic mass is 79.9. The lowest BCUT2D eigenvalue weighted by Gasteiger charge is -2.36. The summed E-state index contributed by atoms with van der Waals surface area (Å²) < 4.78 is 5.85. The normalized spacial score (nSPS) is 22.5. The summed E-state index contributed by atoms with van der Waals surface area (Å²) in [6, 6.07) is 3.34. The standard InChI is InChI=1S/C17H19BrN2O5S/c18-14-5-4-12(25-14)9-13-16(23)20(17(24)26-13)10-15(22)19-7-2-1-3-11(19)6-8-21/h4-5,9,11,21H,1-3,6-8,10H2. The molecule has 0 radical (unpaired) electrons. The van der Waals surface area contributed by atoms with Crippen molar-refractivity contribution in [2.45, 2.75) is 31.7 Å². The number of hydrogen-bond donors (Lipinski definition) is 1. The molecule has 2 saturated heterocycles. The smallest absolute Gasteiger partial charge is 0.294 e. The summed E-state index contributed by atoms with van der Waals surface area (Å²) in [7, 11) is 0. The lowest BCUT2D eigenvalue weighted by Crippen LogP contribution is -2.49. The van der Waals surface area contributed by atoms with Crippen molar-refractivity contribution in [1.29, 1.82) is 0 Å². The van der Waals surface area contributed by atoms with Gasteiger partial charge in [0.1, 0.15) is 12.3 Å². The molecule has 7 nitrogen and oxygen atoms in total. The van der Waals surface area contributed by atoms with E-state index in [2.05, 4.69) is 15.9 Å². The first-order valence-corrected chi connectivity index (χ1v) is 10.0. The molecule has 2 aliphatic rings. The fraction of sp³-hybridized carbons (Fsp3) is 0.471. The molecular formula is C17H19BrN2O5S. The Kier molecular flexibility index (Phi) is 6.20. The van der Waals surface area contributed by atoms with Gasteiger partial charge in [-0.3, -0.25) is 19.3 Å². The lowest BCUT2D eigenvalue weighted by atomic mass is 9.99. The van der Waals surface area contributed by atoms with Gasteiger partial charge in [-0.1, -0.05) is 0 Å². The van der Waals surface area contributed by atoms with Gasteiger partial charge in [0.05, 0.1) is 4.91 Å². The third kappa shape index (κ3) is 4.21. The van der Waals surface area contributed by atoms with Gasteiger partial charge in [-0.05, 0) is 65.5 Å². The predicted molar refractivity (Wildman–Crippen MR) is 100 cm³/mol. The second-order valence-electron chi connectivity index (χ2n) is 6.16. The van der Waals surface area contributed by atoms with Crippen molar-refractivity contribution in [2.75, 3.05) is 19.7 Å². The van der Waals surface area contributed by atoms with Gasteiger partial charge in [0.25, 0.3) is 11.1 Å². The van der Waals surface area contributed by atoms with Crippen molar-refractivity contribution in [1.82, 2.24) is 9.80 Å². The topological polar surface area (TPSA) is 91.1 Å². The van der Waals surface area contributed by atoms with E-state index in [9.17, 15) is 19.5 Å². The van der Waals surface area contributed by atoms with Gasteiger partial charge in [-0.25, -0.2) is 0 Å². The number of imide groups is 1. The van der Waals surface area contributed by atoms with Crippen LogP contribution in [0.25, 0.3) is 6.08 Å². The van der Waals surface area contributed by atoms with Crippen LogP contribution in [0.2, 0.25) is 0 Å². The van der Waals surface area contributed by atoms with Crippen LogP contribution in [-0.2, 0) is 9.59 Å². The maximum Gasteiger partial charge on any atom is 0.294 e. The van der Waals surface area contributed by atoms with Gasteiger partial charge in [0.2, 0.25) is 5.91 Å². The molecule has 140 valence electrons. The molecule has 0 aliphatic carbocycles. The van der Waals surface area contributed by atoms with E-state index in [1.165, 1.54) is 6.08 Å². The molecule has 2 fully saturated rings. The molecule has 3 heterocycles. The zero-order valence-electron chi connectivity index (χ0n) is 14.0. The molecule has 0 spiro atoms. The van der Waals surface area contributed by atoms with Crippen LogP contribution >= 0.6 is 27.7 Å². The Bertz CT molecular complexity index is 745. The Hall–Kier alpha value is -1.58. The van der Waals surface area contributed by atoms with Gasteiger partial charge in [-0.15, -0.1) is 0 Å². The molecule has 0 aromatic carbocycles. The van der Waals surface area contributed by atoms with Crippen molar-refractivity contribution in [3.05, 3.63) is 27.5 Å². The van der Waals surface area contributed by atoms with Crippen molar-refractivity contribution in [2.24, 2.45) is 0 Å². The van der Waals surface area contributed by atoms with Crippen LogP contribution in [0.3, 0.4) is 0 Å². The Morgan fingerprint density at radius 2 is 2.19 bits per heavy atom. The van der Waals surface area contributed by atoms with Crippen molar-refractivity contribution in [3.63, 3.8) is 0 Å². The molecule has 1 N–H and O–H groups in total. The van der Waals surface area contributed by atoms with Crippen LogP contribution in [0.15, 0.2) is 26.1 Å². The molecule has 3 amide bonds. The zero-order chi connectivity index (χ0) is 18.7. The van der Waals surface area contributed by atoms with E-state index in [4.69, 9.17) is 4.42 Å². The number of aliphatic hydroxyl groups is 1. The molecule has 26 heavy (non-hydrogen) atoms. The quantitative estimate of drug-likeness (QED) is 0.704. The Morgan fingerprint density at radius 3 is 2.88 bits per heavy atom. The Labute approximate surface area is 163 Å². The lowest BCUT2D eigenvalue weighted by molar-refractivity contribution is -0.139. The van der Waals surface area contributed by atoms with Crippen molar-refractivity contribution >= 4 is 50.8 Å². The molecular weight excluding hydrogens is 424 g/mol. The number of thioether (sulfide) groups is 1. The summed E-state index contributed by atoms with van der Waals surface area (Å²) in [6.07, 6.45) is 4.75. The van der Waals surface area contributed by atoms with Crippen LogP contribution in [0.5, 0.6) is 0 Å². The van der Waals surface area contributed by atoms with Crippen LogP contribution in [0.4, 0.5) is 4.79 Å². The third-order valence-corrected chi connectivity index (χ3v) is 5.78. The summed E-state index contributed by atoms with van der Waals surface area (Å²) in [5.41, 5.74) is 0. The molecule has 1 unspecified atom stereocenters. The van der Waals surface area contributed by atoms with Crippen LogP contribution in [0.1, 0.15) is 31.4 Å². The minimum absolute atomic E-state index is 0.0114. The number of rotatable bonds is 5. The molecule has 9 heteroatoms. The average Bonchev–Trinajstić information content (AvgIpc) is 3.14. The van der Waals surface area contributed by atoms with Gasteiger partial charge in [0, 0.05) is 25.3 Å². The van der Waals surface area contributed by atoms with E-state index in [1.807, 2.05) is 0 Å². The molecule has 1 atom stereocenters. The summed E-state index contributed by atoms with van der Waals surface area (Å²) in [5, 5.41) is 8.72. The summed E-state index contributed by atoms with van der Waals surface area (Å²) >= 11 is 3.98. The second-order valence-corrected chi connectivity index (χ2v) is 7.93. The number of carbonyl (C=O) groups excluding carboxylic acids is 3. The number of nitrogens with zero attached hydrogens (tertiary/aromatic N) is 2. The minimum atomic E-state index is -0.489. The number of carbonyl (C=O) groups is 3. The monoisotopic (exact) mass is 442 g/mol. The summed E-state index contributed by atoms with van der Waals surface area (Å²) in [5.74, 6) is -0.295. The maximum atomic E-state index is 12.6. The van der Waals surface area contributed by atoms with E-state index < -0.39 is 11.1 Å². The number of furan rings is 1. The number of likely N-dealkylation sites (tertiary alicyclic amines) is 1. The van der Waals surface area contributed by atoms with E-state index in [0.29, 0.717) is 23.4 Å². The third-order valence-electron chi connectivity index (χ3n) is 4.44. The second kappa shape index (κ2) is 8.41. The number of aliphatic hydroxyl groups excluding tert-OH is 1. The Balaban J connectivity index is 1.69. The fourth-order valence-electron chi connectivity index (χ4n) is 3.18. The molecule has 1 aromatic rings. The highest BCUT2D eigenvalue weighted by molar-refractivity contribution is 9.10. The van der Waals surface area contributed by atoms with E-state index in [1.54, 1.807) is 17.0 Å². The number of halogens is 1. The highest BCUT2D eigenvalue weighted by Gasteiger charge is 2.38. The van der Waals surface area contributed by atoms with E-state index in [0.717, 1.165) is 35.9 Å². The largest absolute Gasteiger partial charge is 0.450 e. The van der Waals surface area contributed by atoms with Gasteiger partial charge in [-0.2, -0.15) is 0 Å². The maximum absolute atomic E-state index is 12.6. The molecule has 1 aromatic heterocycles. The molecule has 3 rings (SSSR count). The van der Waals surface area contributed by atoms with Crippen LogP contribution in [-0.4, -0.2) is 57.7 Å². The first kappa shape index (κ1) is 19.2. The molecule has 0 bridgehead atoms. The first-order chi connectivity index (χ1) is 12.5. The molecule has 2 aliphatic heterocycles. The zero-order valence-corrected chi connectivity index (χ0v) is 16.4. The van der Waals surface area contributed by atoms with Crippen molar-refractivity contribution < 1.29 is 23.9 Å². The summed E-state index contributed by atoms with van der Waals surface area (Å²) in [4.78, 5) is 40.2.